The summed E-state index contributed by atoms with van der Waals surface area (Å²) >= 11 is 0. The number of carbonyl (C=O) groups is 1. The number of methoxy groups -OCH3 is 1. The highest BCUT2D eigenvalue weighted by atomic mass is 16.5. The molecule has 3 aromatic carbocycles. The maximum Gasteiger partial charge on any atom is 0.196 e. The van der Waals surface area contributed by atoms with Gasteiger partial charge in [-0.15, -0.1) is 0 Å². The average molecular weight is 443 g/mol. The van der Waals surface area contributed by atoms with Gasteiger partial charge in [-0.25, -0.2) is 0 Å². The highest BCUT2D eigenvalue weighted by molar-refractivity contribution is 6.22. The van der Waals surface area contributed by atoms with Crippen LogP contribution in [0, 0.1) is 6.92 Å². The van der Waals surface area contributed by atoms with Crippen molar-refractivity contribution in [1.82, 2.24) is 9.47 Å². The van der Waals surface area contributed by atoms with Crippen LogP contribution in [0.25, 0.3) is 21.7 Å². The Bertz CT molecular complexity index is 1320. The van der Waals surface area contributed by atoms with Gasteiger partial charge >= 0.3 is 0 Å². The van der Waals surface area contributed by atoms with Gasteiger partial charge in [0.05, 0.1) is 23.7 Å². The van der Waals surface area contributed by atoms with E-state index in [0.29, 0.717) is 13.2 Å². The van der Waals surface area contributed by atoms with Gasteiger partial charge in [0.25, 0.3) is 0 Å². The molecule has 1 aliphatic heterocycles. The fraction of sp³-hybridized carbons (Fsp3) is 0.321. The zero-order valence-electron chi connectivity index (χ0n) is 19.5. The van der Waals surface area contributed by atoms with Crippen molar-refractivity contribution in [3.8, 4) is 5.75 Å². The second-order valence-electron chi connectivity index (χ2n) is 8.69. The second-order valence-corrected chi connectivity index (χ2v) is 8.69. The number of benzene rings is 3. The van der Waals surface area contributed by atoms with Gasteiger partial charge in [-0.3, -0.25) is 9.69 Å². The predicted molar refractivity (Wildman–Crippen MR) is 133 cm³/mol. The van der Waals surface area contributed by atoms with E-state index in [4.69, 9.17) is 9.47 Å². The van der Waals surface area contributed by atoms with Crippen molar-refractivity contribution >= 4 is 27.5 Å². The molecule has 0 N–H and O–H groups in total. The maximum absolute atomic E-state index is 14.0. The van der Waals surface area contributed by atoms with Crippen LogP contribution in [-0.2, 0) is 4.74 Å². The summed E-state index contributed by atoms with van der Waals surface area (Å²) in [5, 5.41) is 3.03. The zero-order valence-corrected chi connectivity index (χ0v) is 19.5. The Morgan fingerprint density at radius 2 is 1.85 bits per heavy atom. The number of ketones is 1. The third kappa shape index (κ3) is 3.71. The van der Waals surface area contributed by atoms with E-state index in [1.807, 2.05) is 42.5 Å². The van der Waals surface area contributed by atoms with E-state index in [2.05, 4.69) is 41.5 Å². The monoisotopic (exact) mass is 442 g/mol. The maximum atomic E-state index is 14.0. The van der Waals surface area contributed by atoms with E-state index in [9.17, 15) is 4.79 Å². The Kier molecular flexibility index (Phi) is 5.92. The van der Waals surface area contributed by atoms with Crippen LogP contribution in [0.1, 0.15) is 34.6 Å². The number of para-hydroxylation sites is 1. The highest BCUT2D eigenvalue weighted by Crippen LogP contribution is 2.40. The first-order chi connectivity index (χ1) is 16.1. The lowest BCUT2D eigenvalue weighted by Crippen LogP contribution is -2.37. The topological polar surface area (TPSA) is 43.7 Å². The number of carbonyl (C=O) groups excluding carboxylic acids is 1. The van der Waals surface area contributed by atoms with Crippen molar-refractivity contribution in [2.75, 3.05) is 40.0 Å². The number of nitrogens with zero attached hydrogens (tertiary/aromatic N) is 2. The first-order valence-corrected chi connectivity index (χ1v) is 11.6. The van der Waals surface area contributed by atoms with Crippen LogP contribution in [0.15, 0.2) is 60.7 Å². The molecule has 0 spiro atoms. The molecule has 4 aromatic rings. The van der Waals surface area contributed by atoms with Gasteiger partial charge in [0.1, 0.15) is 12.4 Å². The minimum Gasteiger partial charge on any atom is -0.489 e. The van der Waals surface area contributed by atoms with Crippen molar-refractivity contribution in [2.45, 2.75) is 19.9 Å². The van der Waals surface area contributed by atoms with E-state index in [1.54, 1.807) is 7.11 Å². The van der Waals surface area contributed by atoms with Gasteiger partial charge in [0.15, 0.2) is 5.78 Å². The fourth-order valence-corrected chi connectivity index (χ4v) is 5.16. The summed E-state index contributed by atoms with van der Waals surface area (Å²) in [6, 6.07) is 20.2. The Morgan fingerprint density at radius 1 is 1.09 bits per heavy atom. The van der Waals surface area contributed by atoms with Gasteiger partial charge in [-0.05, 0) is 30.3 Å². The normalized spacial score (nSPS) is 15.3. The quantitative estimate of drug-likeness (QED) is 0.350. The number of likely N-dealkylation sites (N-methyl/N-ethyl adjacent to an activating group) is 1. The highest BCUT2D eigenvalue weighted by Gasteiger charge is 2.31. The third-order valence-electron chi connectivity index (χ3n) is 6.82. The van der Waals surface area contributed by atoms with Crippen LogP contribution < -0.4 is 4.74 Å². The van der Waals surface area contributed by atoms with Crippen molar-refractivity contribution < 1.29 is 14.3 Å². The third-order valence-corrected chi connectivity index (χ3v) is 6.82. The van der Waals surface area contributed by atoms with E-state index < -0.39 is 0 Å². The Balaban J connectivity index is 1.63. The van der Waals surface area contributed by atoms with Crippen LogP contribution in [0.4, 0.5) is 0 Å². The van der Waals surface area contributed by atoms with Crippen molar-refractivity contribution in [3.05, 3.63) is 77.5 Å². The lowest BCUT2D eigenvalue weighted by Gasteiger charge is -2.32. The molecule has 0 saturated heterocycles. The van der Waals surface area contributed by atoms with Crippen LogP contribution in [0.2, 0.25) is 0 Å². The molecule has 0 bridgehead atoms. The molecule has 0 saturated carbocycles. The first kappa shape index (κ1) is 21.7. The van der Waals surface area contributed by atoms with Gasteiger partial charge in [-0.1, -0.05) is 61.5 Å². The molecule has 0 amide bonds. The Hall–Kier alpha value is -3.15. The molecule has 0 unspecified atom stereocenters. The molecule has 1 atom stereocenters. The summed E-state index contributed by atoms with van der Waals surface area (Å²) < 4.78 is 13.8. The van der Waals surface area contributed by atoms with Crippen LogP contribution in [0.5, 0.6) is 5.75 Å². The lowest BCUT2D eigenvalue weighted by atomic mass is 9.95. The largest absolute Gasteiger partial charge is 0.489 e. The summed E-state index contributed by atoms with van der Waals surface area (Å²) in [4.78, 5) is 16.4. The summed E-state index contributed by atoms with van der Waals surface area (Å²) in [5.41, 5.74) is 3.55. The minimum atomic E-state index is 0.0672. The SMILES string of the molecule is CCN(CCOC)C[C@@H]1COc2cccc3c(C(=O)c4cccc5ccccc45)c(C)n1c23. The first-order valence-electron chi connectivity index (χ1n) is 11.6. The van der Waals surface area contributed by atoms with Crippen LogP contribution in [0.3, 0.4) is 0 Å². The molecule has 1 aliphatic rings. The number of fused-ring (bicyclic) bond motifs is 1. The van der Waals surface area contributed by atoms with Crippen molar-refractivity contribution in [1.29, 1.82) is 0 Å². The summed E-state index contributed by atoms with van der Waals surface area (Å²) in [6.07, 6.45) is 0. The molecule has 33 heavy (non-hydrogen) atoms. The second kappa shape index (κ2) is 9.00. The molecule has 0 radical (unpaired) electrons. The molecule has 1 aromatic heterocycles. The molecule has 5 rings (SSSR count). The van der Waals surface area contributed by atoms with Gasteiger partial charge < -0.3 is 14.0 Å². The smallest absolute Gasteiger partial charge is 0.196 e. The van der Waals surface area contributed by atoms with E-state index in [-0.39, 0.29) is 11.8 Å². The molecule has 170 valence electrons. The Labute approximate surface area is 194 Å². The predicted octanol–water partition coefficient (Wildman–Crippen LogP) is 5.24. The van der Waals surface area contributed by atoms with Crippen LogP contribution >= 0.6 is 0 Å². The van der Waals surface area contributed by atoms with E-state index >= 15 is 0 Å². The fourth-order valence-electron chi connectivity index (χ4n) is 5.16. The van der Waals surface area contributed by atoms with Gasteiger partial charge in [0, 0.05) is 36.8 Å². The Morgan fingerprint density at radius 3 is 2.67 bits per heavy atom. The van der Waals surface area contributed by atoms with Gasteiger partial charge in [-0.2, -0.15) is 0 Å². The van der Waals surface area contributed by atoms with Crippen molar-refractivity contribution in [3.63, 3.8) is 0 Å². The average Bonchev–Trinajstić information content (AvgIpc) is 3.16. The standard InChI is InChI=1S/C28H30N2O3/c1-4-29(15-16-32-3)17-21-18-33-25-14-8-13-24-26(19(2)30(21)27(24)25)28(31)23-12-7-10-20-9-5-6-11-22(20)23/h5-14,21H,4,15-18H2,1-3H3/t21-/m1/s1. The van der Waals surface area contributed by atoms with E-state index in [0.717, 1.165) is 63.9 Å². The molecule has 5 heteroatoms. The van der Waals surface area contributed by atoms with Crippen molar-refractivity contribution in [2.24, 2.45) is 0 Å². The molecular formula is C28H30N2O3. The lowest BCUT2D eigenvalue weighted by molar-refractivity contribution is 0.104. The van der Waals surface area contributed by atoms with Gasteiger partial charge in [0.2, 0.25) is 0 Å². The molecular weight excluding hydrogens is 412 g/mol. The number of hydrogen-bond donors (Lipinski definition) is 0. The number of rotatable bonds is 8. The van der Waals surface area contributed by atoms with Crippen LogP contribution in [-0.4, -0.2) is 55.2 Å². The molecule has 0 fully saturated rings. The molecule has 5 nitrogen and oxygen atoms in total. The van der Waals surface area contributed by atoms with E-state index in [1.165, 1.54) is 0 Å². The summed E-state index contributed by atoms with van der Waals surface area (Å²) in [7, 11) is 1.73. The summed E-state index contributed by atoms with van der Waals surface area (Å²) in [5.74, 6) is 0.918. The number of ether oxygens (including phenoxy) is 2. The molecule has 2 heterocycles. The number of aromatic nitrogens is 1. The zero-order chi connectivity index (χ0) is 22.9. The number of hydrogen-bond acceptors (Lipinski definition) is 4. The summed E-state index contributed by atoms with van der Waals surface area (Å²) in [6.45, 7) is 8.19. The minimum absolute atomic E-state index is 0.0672. The molecule has 0 aliphatic carbocycles.